The molecule has 2 rings (SSSR count). The van der Waals surface area contributed by atoms with Crippen molar-refractivity contribution in [3.05, 3.63) is 29.6 Å². The molecule has 104 valence electrons. The van der Waals surface area contributed by atoms with E-state index < -0.39 is 0 Å². The number of thiocarbonyl (C=S) groups is 1. The zero-order valence-electron chi connectivity index (χ0n) is 10.7. The van der Waals surface area contributed by atoms with Crippen LogP contribution < -0.4 is 10.6 Å². The Morgan fingerprint density at radius 1 is 1.32 bits per heavy atom. The molecule has 0 saturated carbocycles. The fourth-order valence-corrected chi connectivity index (χ4v) is 2.44. The number of piperazine rings is 1. The van der Waals surface area contributed by atoms with Crippen molar-refractivity contribution in [2.45, 2.75) is 0 Å². The van der Waals surface area contributed by atoms with Crippen molar-refractivity contribution in [1.29, 1.82) is 0 Å². The van der Waals surface area contributed by atoms with Crippen LogP contribution in [0.1, 0.15) is 5.56 Å². The van der Waals surface area contributed by atoms with E-state index in [0.717, 1.165) is 31.9 Å². The number of rotatable bonds is 4. The van der Waals surface area contributed by atoms with Gasteiger partial charge in [-0.3, -0.25) is 4.90 Å². The van der Waals surface area contributed by atoms with Crippen LogP contribution in [0.4, 0.5) is 10.1 Å². The topological polar surface area (TPSA) is 52.7 Å². The van der Waals surface area contributed by atoms with Crippen molar-refractivity contribution in [3.63, 3.8) is 0 Å². The number of anilines is 1. The number of nitrogens with zero attached hydrogens (tertiary/aromatic N) is 2. The molecule has 1 saturated heterocycles. The summed E-state index contributed by atoms with van der Waals surface area (Å²) in [5.41, 5.74) is 6.58. The SMILES string of the molecule is NC(=S)c1ccc(N2CCN(CCO)CC2)cc1F. The molecule has 3 N–H and O–H groups in total. The molecule has 1 aromatic carbocycles. The number of aliphatic hydroxyl groups is 1. The lowest BCUT2D eigenvalue weighted by Crippen LogP contribution is -2.47. The summed E-state index contributed by atoms with van der Waals surface area (Å²) >= 11 is 4.79. The van der Waals surface area contributed by atoms with Gasteiger partial charge in [-0.05, 0) is 18.2 Å². The lowest BCUT2D eigenvalue weighted by molar-refractivity contribution is 0.189. The second-order valence-corrected chi connectivity index (χ2v) is 5.02. The Morgan fingerprint density at radius 3 is 2.53 bits per heavy atom. The Morgan fingerprint density at radius 2 is 2.00 bits per heavy atom. The Bertz CT molecular complexity index is 461. The average molecular weight is 283 g/mol. The molecule has 0 bridgehead atoms. The molecule has 0 atom stereocenters. The molecule has 1 aliphatic rings. The number of halogens is 1. The maximum atomic E-state index is 13.8. The minimum absolute atomic E-state index is 0.0804. The van der Waals surface area contributed by atoms with Crippen molar-refractivity contribution >= 4 is 22.9 Å². The highest BCUT2D eigenvalue weighted by atomic mass is 32.1. The molecule has 0 unspecified atom stereocenters. The first-order valence-electron chi connectivity index (χ1n) is 6.29. The maximum Gasteiger partial charge on any atom is 0.135 e. The molecule has 19 heavy (non-hydrogen) atoms. The first kappa shape index (κ1) is 14.2. The lowest BCUT2D eigenvalue weighted by Gasteiger charge is -2.35. The van der Waals surface area contributed by atoms with E-state index in [4.69, 9.17) is 23.1 Å². The normalized spacial score (nSPS) is 16.6. The van der Waals surface area contributed by atoms with E-state index >= 15 is 0 Å². The van der Waals surface area contributed by atoms with Crippen molar-refractivity contribution in [1.82, 2.24) is 4.90 Å². The number of aliphatic hydroxyl groups excluding tert-OH is 1. The van der Waals surface area contributed by atoms with Crippen LogP contribution in [0, 0.1) is 5.82 Å². The zero-order valence-corrected chi connectivity index (χ0v) is 11.5. The van der Waals surface area contributed by atoms with Crippen LogP contribution in [0.15, 0.2) is 18.2 Å². The maximum absolute atomic E-state index is 13.8. The van der Waals surface area contributed by atoms with Gasteiger partial charge in [-0.15, -0.1) is 0 Å². The molecule has 1 fully saturated rings. The van der Waals surface area contributed by atoms with E-state index in [1.54, 1.807) is 6.07 Å². The van der Waals surface area contributed by atoms with Gasteiger partial charge >= 0.3 is 0 Å². The number of hydrogen-bond donors (Lipinski definition) is 2. The van der Waals surface area contributed by atoms with Gasteiger partial charge in [-0.25, -0.2) is 4.39 Å². The van der Waals surface area contributed by atoms with Gasteiger partial charge in [0.1, 0.15) is 10.8 Å². The van der Waals surface area contributed by atoms with Crippen LogP contribution in [0.25, 0.3) is 0 Å². The highest BCUT2D eigenvalue weighted by molar-refractivity contribution is 7.80. The Balaban J connectivity index is 2.04. The Kier molecular flexibility index (Phi) is 4.68. The van der Waals surface area contributed by atoms with E-state index in [9.17, 15) is 4.39 Å². The summed E-state index contributed by atoms with van der Waals surface area (Å²) in [7, 11) is 0. The zero-order chi connectivity index (χ0) is 13.8. The monoisotopic (exact) mass is 283 g/mol. The fourth-order valence-electron chi connectivity index (χ4n) is 2.27. The standard InChI is InChI=1S/C13H18FN3OS/c14-12-9-10(1-2-11(12)13(15)19)17-5-3-16(4-6-17)7-8-18/h1-2,9,18H,3-8H2,(H2,15,19). The quantitative estimate of drug-likeness (QED) is 0.792. The van der Waals surface area contributed by atoms with E-state index in [0.29, 0.717) is 6.54 Å². The molecule has 0 aliphatic carbocycles. The number of benzene rings is 1. The highest BCUT2D eigenvalue weighted by Gasteiger charge is 2.17. The highest BCUT2D eigenvalue weighted by Crippen LogP contribution is 2.20. The van der Waals surface area contributed by atoms with Crippen molar-refractivity contribution in [2.75, 3.05) is 44.2 Å². The van der Waals surface area contributed by atoms with Gasteiger partial charge in [-0.1, -0.05) is 12.2 Å². The number of hydrogen-bond acceptors (Lipinski definition) is 4. The molecular formula is C13H18FN3OS. The van der Waals surface area contributed by atoms with Crippen LogP contribution >= 0.6 is 12.2 Å². The van der Waals surface area contributed by atoms with Gasteiger partial charge in [0.25, 0.3) is 0 Å². The molecule has 1 aromatic rings. The molecule has 1 heterocycles. The fraction of sp³-hybridized carbons (Fsp3) is 0.462. The van der Waals surface area contributed by atoms with Crippen molar-refractivity contribution in [2.24, 2.45) is 5.73 Å². The predicted molar refractivity (Wildman–Crippen MR) is 78.0 cm³/mol. The van der Waals surface area contributed by atoms with Gasteiger partial charge in [0.05, 0.1) is 6.61 Å². The Labute approximate surface area is 117 Å². The summed E-state index contributed by atoms with van der Waals surface area (Å²) in [5, 5.41) is 8.89. The minimum atomic E-state index is -0.372. The summed E-state index contributed by atoms with van der Waals surface area (Å²) in [6.07, 6.45) is 0. The molecule has 6 heteroatoms. The summed E-state index contributed by atoms with van der Waals surface area (Å²) in [5.74, 6) is -0.372. The van der Waals surface area contributed by atoms with E-state index in [-0.39, 0.29) is 23.0 Å². The van der Waals surface area contributed by atoms with Crippen molar-refractivity contribution in [3.8, 4) is 0 Å². The van der Waals surface area contributed by atoms with Crippen LogP contribution in [0.2, 0.25) is 0 Å². The molecule has 0 radical (unpaired) electrons. The van der Waals surface area contributed by atoms with Crippen LogP contribution in [0.5, 0.6) is 0 Å². The van der Waals surface area contributed by atoms with Crippen molar-refractivity contribution < 1.29 is 9.50 Å². The number of nitrogens with two attached hydrogens (primary N) is 1. The number of β-amino-alcohol motifs (C(OH)–C–C–N with tert-alkyl or cyclic N) is 1. The predicted octanol–water partition coefficient (Wildman–Crippen LogP) is 0.574. The third-order valence-electron chi connectivity index (χ3n) is 3.37. The average Bonchev–Trinajstić information content (AvgIpc) is 2.39. The third-order valence-corrected chi connectivity index (χ3v) is 3.59. The largest absolute Gasteiger partial charge is 0.395 e. The molecule has 0 spiro atoms. The lowest BCUT2D eigenvalue weighted by atomic mass is 10.1. The van der Waals surface area contributed by atoms with Gasteiger partial charge in [-0.2, -0.15) is 0 Å². The smallest absolute Gasteiger partial charge is 0.135 e. The van der Waals surface area contributed by atoms with Gasteiger partial charge in [0, 0.05) is 44.0 Å². The second kappa shape index (κ2) is 6.27. The van der Waals surface area contributed by atoms with Gasteiger partial charge < -0.3 is 15.7 Å². The summed E-state index contributed by atoms with van der Waals surface area (Å²) in [6.45, 7) is 4.27. The first-order chi connectivity index (χ1) is 9.11. The van der Waals surface area contributed by atoms with E-state index in [2.05, 4.69) is 9.80 Å². The molecule has 4 nitrogen and oxygen atoms in total. The summed E-state index contributed by atoms with van der Waals surface area (Å²) in [6, 6.07) is 4.96. The molecular weight excluding hydrogens is 265 g/mol. The van der Waals surface area contributed by atoms with Crippen LogP contribution in [0.3, 0.4) is 0 Å². The van der Waals surface area contributed by atoms with Gasteiger partial charge in [0.15, 0.2) is 0 Å². The van der Waals surface area contributed by atoms with Crippen LogP contribution in [-0.2, 0) is 0 Å². The molecule has 0 amide bonds. The Hall–Kier alpha value is -1.24. The van der Waals surface area contributed by atoms with Gasteiger partial charge in [0.2, 0.25) is 0 Å². The summed E-state index contributed by atoms with van der Waals surface area (Å²) < 4.78 is 13.8. The molecule has 1 aliphatic heterocycles. The third kappa shape index (κ3) is 3.40. The summed E-state index contributed by atoms with van der Waals surface area (Å²) in [4.78, 5) is 4.40. The molecule has 0 aromatic heterocycles. The second-order valence-electron chi connectivity index (χ2n) is 4.58. The first-order valence-corrected chi connectivity index (χ1v) is 6.70. The minimum Gasteiger partial charge on any atom is -0.395 e. The van der Waals surface area contributed by atoms with E-state index in [1.165, 1.54) is 6.07 Å². The van der Waals surface area contributed by atoms with E-state index in [1.807, 2.05) is 6.07 Å². The van der Waals surface area contributed by atoms with Crippen LogP contribution in [-0.4, -0.2) is 54.3 Å².